The summed E-state index contributed by atoms with van der Waals surface area (Å²) in [7, 11) is 0. The second-order valence-electron chi connectivity index (χ2n) is 8.30. The van der Waals surface area contributed by atoms with Gasteiger partial charge in [0.1, 0.15) is 19.3 Å². The molecule has 0 bridgehead atoms. The van der Waals surface area contributed by atoms with E-state index in [0.29, 0.717) is 13.1 Å². The van der Waals surface area contributed by atoms with Crippen molar-refractivity contribution in [1.82, 2.24) is 0 Å². The van der Waals surface area contributed by atoms with Gasteiger partial charge in [0.25, 0.3) is 0 Å². The van der Waals surface area contributed by atoms with Gasteiger partial charge in [-0.3, -0.25) is 0 Å². The van der Waals surface area contributed by atoms with E-state index in [1.807, 2.05) is 6.08 Å². The summed E-state index contributed by atoms with van der Waals surface area (Å²) in [6.07, 6.45) is 26.2. The van der Waals surface area contributed by atoms with Gasteiger partial charge >= 0.3 is 0 Å². The second-order valence-corrected chi connectivity index (χ2v) is 8.30. The summed E-state index contributed by atoms with van der Waals surface area (Å²) in [5.74, 6) is -0.336. The summed E-state index contributed by atoms with van der Waals surface area (Å²) in [6.45, 7) is 3.08. The Morgan fingerprint density at radius 3 is 2.07 bits per heavy atom. The lowest BCUT2D eigenvalue weighted by Gasteiger charge is -2.31. The van der Waals surface area contributed by atoms with Crippen molar-refractivity contribution in [1.29, 1.82) is 0 Å². The van der Waals surface area contributed by atoms with Gasteiger partial charge in [-0.05, 0) is 12.8 Å². The van der Waals surface area contributed by atoms with E-state index in [9.17, 15) is 9.90 Å². The third-order valence-electron chi connectivity index (χ3n) is 5.70. The number of carbonyl (C=O) groups excluding carboxylic acids is 1. The van der Waals surface area contributed by atoms with Crippen molar-refractivity contribution in [3.63, 3.8) is 0 Å². The number of carbonyl (C=O) groups is 1. The molecule has 5 heteroatoms. The van der Waals surface area contributed by atoms with E-state index in [4.69, 9.17) is 5.73 Å². The lowest BCUT2D eigenvalue weighted by Crippen LogP contribution is -2.54. The Kier molecular flexibility index (Phi) is 14.4. The fourth-order valence-electron chi connectivity index (χ4n) is 3.95. The first-order chi connectivity index (χ1) is 14.1. The van der Waals surface area contributed by atoms with Crippen LogP contribution in [-0.4, -0.2) is 35.9 Å². The lowest BCUT2D eigenvalue weighted by atomic mass is 10.0. The molecule has 1 rings (SSSR count). The molecule has 0 radical (unpaired) electrons. The van der Waals surface area contributed by atoms with Crippen molar-refractivity contribution < 1.29 is 14.4 Å². The molecule has 2 N–H and O–H groups in total. The fourth-order valence-corrected chi connectivity index (χ4v) is 3.95. The predicted molar refractivity (Wildman–Crippen MR) is 120 cm³/mol. The van der Waals surface area contributed by atoms with Crippen LogP contribution in [0.1, 0.15) is 96.8 Å². The average molecular weight is 406 g/mol. The smallest absolute Gasteiger partial charge is 0.232 e. The zero-order chi connectivity index (χ0) is 21.2. The Morgan fingerprint density at radius 2 is 1.55 bits per heavy atom. The molecule has 0 amide bonds. The largest absolute Gasteiger partial charge is 0.544 e. The zero-order valence-corrected chi connectivity index (χ0v) is 18.6. The number of hydrogen-bond donors (Lipinski definition) is 1. The Bertz CT molecular complexity index is 528. The summed E-state index contributed by atoms with van der Waals surface area (Å²) in [4.78, 5) is 15.5. The maximum absolute atomic E-state index is 11.1. The van der Waals surface area contributed by atoms with Gasteiger partial charge in [-0.25, -0.2) is 4.48 Å². The number of allylic oxidation sites excluding steroid dienone is 1. The molecule has 166 valence electrons. The van der Waals surface area contributed by atoms with E-state index in [2.05, 4.69) is 18.0 Å². The van der Waals surface area contributed by atoms with E-state index < -0.39 is 5.97 Å². The van der Waals surface area contributed by atoms with Crippen molar-refractivity contribution >= 4 is 11.8 Å². The maximum Gasteiger partial charge on any atom is 0.232 e. The number of hydrogen-bond acceptors (Lipinski definition) is 4. The highest BCUT2D eigenvalue weighted by molar-refractivity contribution is 5.90. The number of carboxylic acids is 1. The summed E-state index contributed by atoms with van der Waals surface area (Å²) >= 11 is 0. The van der Waals surface area contributed by atoms with Gasteiger partial charge in [0.05, 0.1) is 12.2 Å². The molecule has 0 aliphatic carbocycles. The molecule has 5 nitrogen and oxygen atoms in total. The van der Waals surface area contributed by atoms with Crippen LogP contribution >= 0.6 is 0 Å². The second kappa shape index (κ2) is 16.3. The third kappa shape index (κ3) is 11.3. The molecule has 0 fully saturated rings. The third-order valence-corrected chi connectivity index (χ3v) is 5.70. The van der Waals surface area contributed by atoms with Gasteiger partial charge in [-0.2, -0.15) is 4.99 Å². The molecule has 0 spiro atoms. The maximum atomic E-state index is 11.1. The number of nitrogens with zero attached hydrogens (tertiary/aromatic N) is 2. The van der Waals surface area contributed by atoms with Crippen LogP contribution < -0.4 is 10.8 Å². The quantitative estimate of drug-likeness (QED) is 0.255. The SMILES string of the molecule is CCCCCCCCCCCCCCC/C=C/C1=NC=C[N+]1(CCN)CC(=O)[O-]. The minimum absolute atomic E-state index is 0.115. The molecule has 1 aliphatic rings. The minimum Gasteiger partial charge on any atom is -0.544 e. The fraction of sp³-hybridized carbons (Fsp3) is 0.750. The monoisotopic (exact) mass is 405 g/mol. The predicted octanol–water partition coefficient (Wildman–Crippen LogP) is 4.43. The van der Waals surface area contributed by atoms with E-state index in [0.717, 1.165) is 12.3 Å². The highest BCUT2D eigenvalue weighted by Gasteiger charge is 2.33. The van der Waals surface area contributed by atoms with Crippen LogP contribution in [-0.2, 0) is 4.79 Å². The van der Waals surface area contributed by atoms with Gasteiger partial charge in [-0.1, -0.05) is 90.0 Å². The molecular formula is C24H43N3O2. The molecule has 0 aromatic heterocycles. The number of carboxylic acid groups (broad SMARTS) is 1. The van der Waals surface area contributed by atoms with Gasteiger partial charge in [0.2, 0.25) is 5.84 Å². The molecular weight excluding hydrogens is 362 g/mol. The molecule has 0 saturated heterocycles. The number of aliphatic imine (C=N–C) groups is 1. The minimum atomic E-state index is -1.08. The van der Waals surface area contributed by atoms with Crippen molar-refractivity contribution in [3.05, 3.63) is 24.6 Å². The van der Waals surface area contributed by atoms with Crippen molar-refractivity contribution in [3.8, 4) is 0 Å². The Hall–Kier alpha value is -1.46. The van der Waals surface area contributed by atoms with Crippen molar-refractivity contribution in [2.45, 2.75) is 96.8 Å². The van der Waals surface area contributed by atoms with E-state index >= 15 is 0 Å². The van der Waals surface area contributed by atoms with Crippen LogP contribution in [0, 0.1) is 0 Å². The standard InChI is InChI=1S/C24H43N3O2/c1-2-3-4-5-6-7-8-9-10-11-12-13-14-15-16-17-23-26-19-21-27(23,20-18-25)22-24(28)29/h16-17,19,21H,2-15,18,20,22,25H2,1H3/b17-16+. The number of rotatable bonds is 19. The molecule has 1 unspecified atom stereocenters. The Balaban J connectivity index is 2.06. The number of aliphatic carboxylic acids is 1. The summed E-state index contributed by atoms with van der Waals surface area (Å²) in [5, 5.41) is 11.1. The highest BCUT2D eigenvalue weighted by Crippen LogP contribution is 2.18. The van der Waals surface area contributed by atoms with Crippen LogP contribution in [0.2, 0.25) is 0 Å². The van der Waals surface area contributed by atoms with E-state index in [1.54, 1.807) is 12.4 Å². The highest BCUT2D eigenvalue weighted by atomic mass is 16.4. The molecule has 0 aromatic rings. The topological polar surface area (TPSA) is 78.5 Å². The molecule has 1 atom stereocenters. The van der Waals surface area contributed by atoms with Crippen LogP contribution in [0.15, 0.2) is 29.5 Å². The molecule has 1 aliphatic heterocycles. The Morgan fingerprint density at radius 1 is 1.00 bits per heavy atom. The van der Waals surface area contributed by atoms with E-state index in [-0.39, 0.29) is 11.0 Å². The van der Waals surface area contributed by atoms with Gasteiger partial charge in [-0.15, -0.1) is 0 Å². The molecule has 0 saturated carbocycles. The van der Waals surface area contributed by atoms with Crippen LogP contribution in [0.4, 0.5) is 0 Å². The number of nitrogens with two attached hydrogens (primary N) is 1. The number of quaternary nitrogens is 1. The Labute approximate surface area is 178 Å². The van der Waals surface area contributed by atoms with Gasteiger partial charge in [0, 0.05) is 12.6 Å². The van der Waals surface area contributed by atoms with E-state index in [1.165, 1.54) is 83.5 Å². The average Bonchev–Trinajstić information content (AvgIpc) is 3.06. The summed E-state index contributed by atoms with van der Waals surface area (Å²) in [6, 6.07) is 0. The first-order valence-corrected chi connectivity index (χ1v) is 11.8. The number of unbranched alkanes of at least 4 members (excludes halogenated alkanes) is 13. The normalized spacial score (nSPS) is 18.6. The number of amidine groups is 1. The van der Waals surface area contributed by atoms with Crippen molar-refractivity contribution in [2.75, 3.05) is 19.6 Å². The van der Waals surface area contributed by atoms with Crippen LogP contribution in [0.3, 0.4) is 0 Å². The first-order valence-electron chi connectivity index (χ1n) is 11.8. The van der Waals surface area contributed by atoms with Gasteiger partial charge in [0.15, 0.2) is 0 Å². The van der Waals surface area contributed by atoms with Crippen LogP contribution in [0.5, 0.6) is 0 Å². The summed E-state index contributed by atoms with van der Waals surface area (Å²) < 4.78 is 0.161. The van der Waals surface area contributed by atoms with Crippen molar-refractivity contribution in [2.24, 2.45) is 10.7 Å². The van der Waals surface area contributed by atoms with Gasteiger partial charge < -0.3 is 15.6 Å². The zero-order valence-electron chi connectivity index (χ0n) is 18.6. The molecule has 1 heterocycles. The summed E-state index contributed by atoms with van der Waals surface area (Å²) in [5.41, 5.74) is 5.68. The molecule has 29 heavy (non-hydrogen) atoms. The lowest BCUT2D eigenvalue weighted by molar-refractivity contribution is -0.778. The van der Waals surface area contributed by atoms with Crippen LogP contribution in [0.25, 0.3) is 0 Å². The first kappa shape index (κ1) is 25.6. The molecule has 0 aromatic carbocycles.